The summed E-state index contributed by atoms with van der Waals surface area (Å²) in [5.74, 6) is 0.696. The Morgan fingerprint density at radius 3 is 2.03 bits per heavy atom. The molecular weight excluding hydrogens is 446 g/mol. The molecule has 36 heavy (non-hydrogen) atoms. The van der Waals surface area contributed by atoms with Gasteiger partial charge in [0.25, 0.3) is 0 Å². The summed E-state index contributed by atoms with van der Waals surface area (Å²) >= 11 is 0. The molecule has 0 aliphatic rings. The van der Waals surface area contributed by atoms with Crippen LogP contribution in [-0.2, 0) is 4.74 Å². The van der Waals surface area contributed by atoms with E-state index in [9.17, 15) is 5.21 Å². The Hall–Kier alpha value is -0.460. The van der Waals surface area contributed by atoms with Crippen molar-refractivity contribution in [1.29, 1.82) is 0 Å². The van der Waals surface area contributed by atoms with Gasteiger partial charge in [0.1, 0.15) is 0 Å². The maximum absolute atomic E-state index is 9.29. The summed E-state index contributed by atoms with van der Waals surface area (Å²) in [5.41, 5.74) is 0. The molecule has 0 amide bonds. The Kier molecular flexibility index (Phi) is 28.7. The fraction of sp³-hybridized carbons (Fsp3) is 0.935. The largest absolute Gasteiger partial charge is 0.381 e. The molecule has 5 nitrogen and oxygen atoms in total. The topological polar surface area (TPSA) is 48.0 Å². The Bertz CT molecular complexity index is 434. The normalized spacial score (nSPS) is 12.6. The third kappa shape index (κ3) is 28.1. The maximum atomic E-state index is 9.29. The first-order chi connectivity index (χ1) is 17.6. The van der Waals surface area contributed by atoms with Crippen LogP contribution in [0.2, 0.25) is 0 Å². The molecule has 0 spiro atoms. The van der Waals surface area contributed by atoms with Crippen molar-refractivity contribution in [2.75, 3.05) is 53.1 Å². The molecule has 1 atom stereocenters. The SMILES string of the molecule is C=CCCCCCCN(CCCCCCCC(C)COCCCCCCCCC)CCNCN(C)O. The first-order valence-corrected chi connectivity index (χ1v) is 15.6. The zero-order valence-corrected chi connectivity index (χ0v) is 24.8. The van der Waals surface area contributed by atoms with Crippen LogP contribution in [-0.4, -0.2) is 68.3 Å². The minimum absolute atomic E-state index is 0.526. The van der Waals surface area contributed by atoms with Crippen molar-refractivity contribution < 1.29 is 9.94 Å². The van der Waals surface area contributed by atoms with Crippen molar-refractivity contribution in [2.24, 2.45) is 5.92 Å². The maximum Gasteiger partial charge on any atom is 0.0726 e. The van der Waals surface area contributed by atoms with E-state index in [1.807, 2.05) is 6.08 Å². The van der Waals surface area contributed by atoms with E-state index in [2.05, 4.69) is 30.6 Å². The zero-order valence-electron chi connectivity index (χ0n) is 24.8. The second-order valence-electron chi connectivity index (χ2n) is 11.0. The molecule has 0 saturated heterocycles. The Labute approximate surface area is 226 Å². The van der Waals surface area contributed by atoms with Gasteiger partial charge < -0.3 is 20.2 Å². The van der Waals surface area contributed by atoms with Crippen LogP contribution in [0, 0.1) is 5.92 Å². The highest BCUT2D eigenvalue weighted by atomic mass is 16.5. The lowest BCUT2D eigenvalue weighted by molar-refractivity contribution is -0.0710. The van der Waals surface area contributed by atoms with Gasteiger partial charge in [0.05, 0.1) is 6.67 Å². The molecule has 0 radical (unpaired) electrons. The van der Waals surface area contributed by atoms with E-state index in [4.69, 9.17) is 4.74 Å². The second kappa shape index (κ2) is 29.1. The van der Waals surface area contributed by atoms with Crippen LogP contribution in [0.4, 0.5) is 0 Å². The first-order valence-electron chi connectivity index (χ1n) is 15.6. The molecule has 0 saturated carbocycles. The number of unbranched alkanes of at least 4 members (excludes halogenated alkanes) is 14. The number of ether oxygens (including phenoxy) is 1. The van der Waals surface area contributed by atoms with Crippen molar-refractivity contribution in [3.05, 3.63) is 12.7 Å². The van der Waals surface area contributed by atoms with Crippen LogP contribution in [0.25, 0.3) is 0 Å². The summed E-state index contributed by atoms with van der Waals surface area (Å²) in [4.78, 5) is 2.61. The van der Waals surface area contributed by atoms with E-state index in [1.165, 1.54) is 127 Å². The molecule has 5 heteroatoms. The number of rotatable bonds is 30. The summed E-state index contributed by atoms with van der Waals surface area (Å²) in [6, 6.07) is 0. The quantitative estimate of drug-likeness (QED) is 0.0442. The average Bonchev–Trinajstić information content (AvgIpc) is 2.86. The number of hydrogen-bond donors (Lipinski definition) is 2. The van der Waals surface area contributed by atoms with Crippen molar-refractivity contribution in [3.8, 4) is 0 Å². The van der Waals surface area contributed by atoms with Crippen LogP contribution < -0.4 is 5.32 Å². The minimum atomic E-state index is 0.526. The fourth-order valence-corrected chi connectivity index (χ4v) is 4.68. The van der Waals surface area contributed by atoms with E-state index in [0.29, 0.717) is 12.6 Å². The zero-order chi connectivity index (χ0) is 26.5. The van der Waals surface area contributed by atoms with E-state index in [-0.39, 0.29) is 0 Å². The highest BCUT2D eigenvalue weighted by molar-refractivity contribution is 4.66. The number of hydroxylamine groups is 2. The van der Waals surface area contributed by atoms with Gasteiger partial charge in [-0.15, -0.1) is 6.58 Å². The predicted molar refractivity (Wildman–Crippen MR) is 158 cm³/mol. The molecule has 0 bridgehead atoms. The molecule has 0 fully saturated rings. The van der Waals surface area contributed by atoms with Crippen LogP contribution in [0.5, 0.6) is 0 Å². The lowest BCUT2D eigenvalue weighted by atomic mass is 10.0. The molecule has 1 unspecified atom stereocenters. The Balaban J connectivity index is 3.71. The summed E-state index contributed by atoms with van der Waals surface area (Å²) < 4.78 is 5.93. The van der Waals surface area contributed by atoms with Gasteiger partial charge in [0.15, 0.2) is 0 Å². The number of nitrogens with zero attached hydrogens (tertiary/aromatic N) is 2. The summed E-state index contributed by atoms with van der Waals surface area (Å²) in [5, 5.41) is 13.8. The molecule has 0 heterocycles. The highest BCUT2D eigenvalue weighted by Crippen LogP contribution is 2.13. The van der Waals surface area contributed by atoms with Gasteiger partial charge in [0, 0.05) is 33.4 Å². The van der Waals surface area contributed by atoms with Gasteiger partial charge in [-0.05, 0) is 57.5 Å². The molecule has 0 aromatic carbocycles. The van der Waals surface area contributed by atoms with Crippen LogP contribution in [0.3, 0.4) is 0 Å². The van der Waals surface area contributed by atoms with Gasteiger partial charge in [-0.25, -0.2) is 0 Å². The number of nitrogens with one attached hydrogen (secondary N) is 1. The second-order valence-corrected chi connectivity index (χ2v) is 11.0. The third-order valence-corrected chi connectivity index (χ3v) is 7.04. The van der Waals surface area contributed by atoms with Crippen LogP contribution >= 0.6 is 0 Å². The standard InChI is InChI=1S/C31H65N3O2/c1-5-7-9-11-13-18-22-28-36-29-31(3)23-19-15-14-17-21-26-34(27-24-32-30-33(4)35)25-20-16-12-10-8-6-2/h6,31-32,35H,2,5,7-30H2,1,3-4H3. The summed E-state index contributed by atoms with van der Waals surface area (Å²) in [7, 11) is 1.68. The van der Waals surface area contributed by atoms with Gasteiger partial charge in [-0.3, -0.25) is 0 Å². The minimum Gasteiger partial charge on any atom is -0.381 e. The average molecular weight is 512 g/mol. The molecule has 0 aromatic rings. The summed E-state index contributed by atoms with van der Waals surface area (Å²) in [6.45, 7) is 15.3. The van der Waals surface area contributed by atoms with Gasteiger partial charge in [0.2, 0.25) is 0 Å². The highest BCUT2D eigenvalue weighted by Gasteiger charge is 2.06. The van der Waals surface area contributed by atoms with E-state index >= 15 is 0 Å². The van der Waals surface area contributed by atoms with Gasteiger partial charge in [-0.1, -0.05) is 97.0 Å². The molecule has 0 aliphatic heterocycles. The smallest absolute Gasteiger partial charge is 0.0726 e. The lowest BCUT2D eigenvalue weighted by Crippen LogP contribution is -2.37. The fourth-order valence-electron chi connectivity index (χ4n) is 4.68. The van der Waals surface area contributed by atoms with E-state index in [0.717, 1.165) is 32.7 Å². The van der Waals surface area contributed by atoms with Crippen molar-refractivity contribution in [3.63, 3.8) is 0 Å². The monoisotopic (exact) mass is 512 g/mol. The molecule has 2 N–H and O–H groups in total. The van der Waals surface area contributed by atoms with Crippen molar-refractivity contribution in [1.82, 2.24) is 15.3 Å². The van der Waals surface area contributed by atoms with Gasteiger partial charge in [-0.2, -0.15) is 5.06 Å². The lowest BCUT2D eigenvalue weighted by Gasteiger charge is -2.23. The van der Waals surface area contributed by atoms with E-state index in [1.54, 1.807) is 7.05 Å². The van der Waals surface area contributed by atoms with Crippen molar-refractivity contribution in [2.45, 2.75) is 129 Å². The first kappa shape index (κ1) is 35.5. The molecule has 216 valence electrons. The molecular formula is C31H65N3O2. The number of allylic oxidation sites excluding steroid dienone is 1. The number of hydrogen-bond acceptors (Lipinski definition) is 5. The van der Waals surface area contributed by atoms with Crippen LogP contribution in [0.1, 0.15) is 129 Å². The van der Waals surface area contributed by atoms with Crippen LogP contribution in [0.15, 0.2) is 12.7 Å². The molecule has 0 rings (SSSR count). The molecule has 0 aromatic heterocycles. The van der Waals surface area contributed by atoms with Crippen molar-refractivity contribution >= 4 is 0 Å². The summed E-state index contributed by atoms with van der Waals surface area (Å²) in [6.07, 6.45) is 25.9. The predicted octanol–water partition coefficient (Wildman–Crippen LogP) is 8.04. The van der Waals surface area contributed by atoms with E-state index < -0.39 is 0 Å². The van der Waals surface area contributed by atoms with Gasteiger partial charge >= 0.3 is 0 Å². The third-order valence-electron chi connectivity index (χ3n) is 7.04. The Morgan fingerprint density at radius 1 is 0.806 bits per heavy atom. The molecule has 0 aliphatic carbocycles. The Morgan fingerprint density at radius 2 is 1.39 bits per heavy atom.